The average molecular weight is 567 g/mol. The first-order chi connectivity index (χ1) is 19.4. The quantitative estimate of drug-likeness (QED) is 0.155. The van der Waals surface area contributed by atoms with E-state index in [9.17, 15) is 20.1 Å². The minimum Gasteiger partial charge on any atom is -0.393 e. The second-order valence-electron chi connectivity index (χ2n) is 14.8. The molecule has 0 unspecified atom stereocenters. The molecule has 41 heavy (non-hydrogen) atoms. The molecule has 0 aliphatic heterocycles. The summed E-state index contributed by atoms with van der Waals surface area (Å²) in [6.45, 7) is 13.4. The van der Waals surface area contributed by atoms with Crippen LogP contribution in [0.15, 0.2) is 47.6 Å². The number of aliphatic hydroxyl groups excluding tert-OH is 3. The second kappa shape index (κ2) is 13.4. The van der Waals surface area contributed by atoms with Crippen molar-refractivity contribution in [2.24, 2.45) is 28.1 Å². The number of rotatable bonds is 13. The minimum atomic E-state index is -0.679. The van der Waals surface area contributed by atoms with E-state index >= 15 is 0 Å². The molecule has 0 radical (unpaired) electrons. The summed E-state index contributed by atoms with van der Waals surface area (Å²) in [6.07, 6.45) is 22.8. The fourth-order valence-electron chi connectivity index (χ4n) is 8.76. The van der Waals surface area contributed by atoms with Crippen molar-refractivity contribution in [3.05, 3.63) is 47.6 Å². The van der Waals surface area contributed by atoms with E-state index in [1.165, 1.54) is 50.5 Å². The number of carbonyl (C=O) groups is 1. The first-order valence-electron chi connectivity index (χ1n) is 16.8. The van der Waals surface area contributed by atoms with Crippen molar-refractivity contribution >= 4 is 5.78 Å². The van der Waals surface area contributed by atoms with Gasteiger partial charge < -0.3 is 15.3 Å². The summed E-state index contributed by atoms with van der Waals surface area (Å²) in [5, 5.41) is 31.6. The molecule has 0 spiro atoms. The molecule has 4 aliphatic rings. The topological polar surface area (TPSA) is 77.8 Å². The van der Waals surface area contributed by atoms with Crippen LogP contribution in [0, 0.1) is 28.1 Å². The average Bonchev–Trinajstić information content (AvgIpc) is 3.66. The highest BCUT2D eigenvalue weighted by Crippen LogP contribution is 2.62. The zero-order chi connectivity index (χ0) is 29.8. The zero-order valence-electron chi connectivity index (χ0n) is 26.5. The summed E-state index contributed by atoms with van der Waals surface area (Å²) in [7, 11) is 0. The maximum atomic E-state index is 13.1. The lowest BCUT2D eigenvalue weighted by Gasteiger charge is -2.47. The molecule has 4 nitrogen and oxygen atoms in total. The van der Waals surface area contributed by atoms with Crippen molar-refractivity contribution in [3.63, 3.8) is 0 Å². The molecule has 0 aromatic carbocycles. The Labute approximate surface area is 250 Å². The standard InChI is InChI=1S/C37H58O4/c1-6-7-8-9-10-11-14-33(40)37(22-23-37)34(41)19-21-35(3,4)32-18-17-30-27(13-12-20-36(30,32)5)15-16-28-24-29(38)25-31(39)26(28)2/h15-16,19,21,29-32,34,38-39,41H,2,6-14,17-18,20,22-25H2,1,3-5H3/t29-,30+,31+,32-,34+,36+/m1/s1. The van der Waals surface area contributed by atoms with Gasteiger partial charge in [0.05, 0.1) is 23.7 Å². The Hall–Kier alpha value is -1.49. The number of fused-ring (bicyclic) bond motifs is 1. The van der Waals surface area contributed by atoms with Crippen molar-refractivity contribution in [3.8, 4) is 0 Å². The van der Waals surface area contributed by atoms with Crippen LogP contribution in [0.1, 0.15) is 130 Å². The summed E-state index contributed by atoms with van der Waals surface area (Å²) in [5.41, 5.74) is 2.80. The molecule has 230 valence electrons. The summed E-state index contributed by atoms with van der Waals surface area (Å²) in [4.78, 5) is 13.1. The Bertz CT molecular complexity index is 1030. The molecule has 4 saturated carbocycles. The van der Waals surface area contributed by atoms with Gasteiger partial charge in [0.1, 0.15) is 5.78 Å². The van der Waals surface area contributed by atoms with E-state index in [0.717, 1.165) is 49.7 Å². The van der Waals surface area contributed by atoms with E-state index in [-0.39, 0.29) is 16.6 Å². The fraction of sp³-hybridized carbons (Fsp3) is 0.757. The Morgan fingerprint density at radius 2 is 1.78 bits per heavy atom. The molecule has 3 N–H and O–H groups in total. The largest absolute Gasteiger partial charge is 0.393 e. The molecular formula is C37H58O4. The van der Waals surface area contributed by atoms with Crippen molar-refractivity contribution < 1.29 is 20.1 Å². The first kappa shape index (κ1) is 32.4. The Kier molecular flexibility index (Phi) is 10.6. The summed E-state index contributed by atoms with van der Waals surface area (Å²) >= 11 is 0. The van der Waals surface area contributed by atoms with E-state index in [4.69, 9.17) is 0 Å². The molecule has 0 aromatic heterocycles. The van der Waals surface area contributed by atoms with Gasteiger partial charge in [0.15, 0.2) is 0 Å². The van der Waals surface area contributed by atoms with Crippen LogP contribution >= 0.6 is 0 Å². The molecule has 0 saturated heterocycles. The molecule has 4 aliphatic carbocycles. The highest BCUT2D eigenvalue weighted by atomic mass is 16.3. The Morgan fingerprint density at radius 1 is 1.07 bits per heavy atom. The van der Waals surface area contributed by atoms with Crippen LogP contribution in [-0.2, 0) is 4.79 Å². The van der Waals surface area contributed by atoms with Crippen molar-refractivity contribution in [2.45, 2.75) is 149 Å². The van der Waals surface area contributed by atoms with E-state index in [2.05, 4.69) is 52.5 Å². The minimum absolute atomic E-state index is 0.0737. The third kappa shape index (κ3) is 7.19. The zero-order valence-corrected chi connectivity index (χ0v) is 26.5. The first-order valence-corrected chi connectivity index (χ1v) is 16.8. The van der Waals surface area contributed by atoms with Gasteiger partial charge in [-0.05, 0) is 91.6 Å². The fourth-order valence-corrected chi connectivity index (χ4v) is 8.76. The second-order valence-corrected chi connectivity index (χ2v) is 14.8. The lowest BCUT2D eigenvalue weighted by Crippen LogP contribution is -2.39. The number of allylic oxidation sites excluding steroid dienone is 4. The molecule has 0 amide bonds. The van der Waals surface area contributed by atoms with Gasteiger partial charge >= 0.3 is 0 Å². The molecule has 4 heteroatoms. The number of aliphatic hydroxyl groups is 3. The monoisotopic (exact) mass is 566 g/mol. The molecule has 0 aromatic rings. The number of Topliss-reactive ketones (excluding diaryl/α,β-unsaturated/α-hetero) is 1. The molecule has 4 rings (SSSR count). The van der Waals surface area contributed by atoms with E-state index in [1.54, 1.807) is 0 Å². The van der Waals surface area contributed by atoms with Crippen LogP contribution < -0.4 is 0 Å². The van der Waals surface area contributed by atoms with Gasteiger partial charge in [-0.3, -0.25) is 4.79 Å². The molecule has 0 bridgehead atoms. The van der Waals surface area contributed by atoms with Crippen LogP contribution in [0.5, 0.6) is 0 Å². The molecule has 4 fully saturated rings. The molecule has 0 heterocycles. The van der Waals surface area contributed by atoms with Crippen LogP contribution in [0.4, 0.5) is 0 Å². The summed E-state index contributed by atoms with van der Waals surface area (Å²) < 4.78 is 0. The van der Waals surface area contributed by atoms with Gasteiger partial charge in [-0.25, -0.2) is 0 Å². The third-order valence-corrected chi connectivity index (χ3v) is 11.5. The molecule has 6 atom stereocenters. The van der Waals surface area contributed by atoms with Gasteiger partial charge in [-0.15, -0.1) is 0 Å². The number of carbonyl (C=O) groups excluding carboxylic acids is 1. The van der Waals surface area contributed by atoms with Gasteiger partial charge in [-0.1, -0.05) is 96.3 Å². The number of unbranched alkanes of at least 4 members (excludes halogenated alkanes) is 5. The molecular weight excluding hydrogens is 508 g/mol. The predicted octanol–water partition coefficient (Wildman–Crippen LogP) is 8.17. The predicted molar refractivity (Wildman–Crippen MR) is 168 cm³/mol. The van der Waals surface area contributed by atoms with Gasteiger partial charge in [0, 0.05) is 12.8 Å². The summed E-state index contributed by atoms with van der Waals surface area (Å²) in [6, 6.07) is 0. The number of hydrogen-bond donors (Lipinski definition) is 3. The Balaban J connectivity index is 1.39. The SMILES string of the molecule is C=C1C(=CC=C2CCC[C@]3(C)[C@@H](C(C)(C)C=C[C@H](O)C4(C(=O)CCCCCCCC)CC4)CC[C@@H]23)C[C@@H](O)C[C@@H]1O. The highest BCUT2D eigenvalue weighted by Gasteiger charge is 2.55. The van der Waals surface area contributed by atoms with Gasteiger partial charge in [-0.2, -0.15) is 0 Å². The highest BCUT2D eigenvalue weighted by molar-refractivity contribution is 5.88. The van der Waals surface area contributed by atoms with Crippen molar-refractivity contribution in [1.82, 2.24) is 0 Å². The summed E-state index contributed by atoms with van der Waals surface area (Å²) in [5.74, 6) is 1.30. The Morgan fingerprint density at radius 3 is 2.49 bits per heavy atom. The van der Waals surface area contributed by atoms with Crippen molar-refractivity contribution in [1.29, 1.82) is 0 Å². The van der Waals surface area contributed by atoms with Crippen LogP contribution in [0.3, 0.4) is 0 Å². The van der Waals surface area contributed by atoms with Crippen LogP contribution in [0.25, 0.3) is 0 Å². The maximum absolute atomic E-state index is 13.1. The van der Waals surface area contributed by atoms with Crippen molar-refractivity contribution in [2.75, 3.05) is 0 Å². The normalized spacial score (nSPS) is 34.4. The van der Waals surface area contributed by atoms with Gasteiger partial charge in [0.2, 0.25) is 0 Å². The third-order valence-electron chi connectivity index (χ3n) is 11.5. The number of hydrogen-bond acceptors (Lipinski definition) is 4. The maximum Gasteiger partial charge on any atom is 0.141 e. The van der Waals surface area contributed by atoms with E-state index in [0.29, 0.717) is 31.1 Å². The van der Waals surface area contributed by atoms with Crippen LogP contribution in [0.2, 0.25) is 0 Å². The smallest absolute Gasteiger partial charge is 0.141 e. The lowest BCUT2D eigenvalue weighted by molar-refractivity contribution is -0.127. The number of ketones is 1. The lowest BCUT2D eigenvalue weighted by atomic mass is 9.57. The van der Waals surface area contributed by atoms with Crippen LogP contribution in [-0.4, -0.2) is 39.4 Å². The van der Waals surface area contributed by atoms with E-state index < -0.39 is 23.7 Å². The van der Waals surface area contributed by atoms with Gasteiger partial charge in [0.25, 0.3) is 0 Å². The van der Waals surface area contributed by atoms with E-state index in [1.807, 2.05) is 6.08 Å².